The van der Waals surface area contributed by atoms with Crippen LogP contribution in [0, 0.1) is 0 Å². The third kappa shape index (κ3) is 5.04. The lowest BCUT2D eigenvalue weighted by Crippen LogP contribution is -2.51. The molecule has 0 bridgehead atoms. The number of hydrogen-bond acceptors (Lipinski definition) is 4. The molecule has 0 aromatic carbocycles. The largest absolute Gasteiger partial charge is 0.481 e. The lowest BCUT2D eigenvalue weighted by Gasteiger charge is -2.37. The summed E-state index contributed by atoms with van der Waals surface area (Å²) in [6.45, 7) is 0. The van der Waals surface area contributed by atoms with Gasteiger partial charge in [0.05, 0.1) is 17.7 Å². The van der Waals surface area contributed by atoms with E-state index in [-0.39, 0.29) is 12.3 Å². The summed E-state index contributed by atoms with van der Waals surface area (Å²) in [5, 5.41) is 12.1. The van der Waals surface area contributed by atoms with Crippen LogP contribution in [0.1, 0.15) is 38.5 Å². The smallest absolute Gasteiger partial charge is 0.305 e. The minimum atomic E-state index is -0.848. The van der Waals surface area contributed by atoms with E-state index in [0.717, 1.165) is 37.0 Å². The maximum Gasteiger partial charge on any atom is 0.305 e. The third-order valence-electron chi connectivity index (χ3n) is 3.72. The summed E-state index contributed by atoms with van der Waals surface area (Å²) >= 11 is 1.44. The Morgan fingerprint density at radius 3 is 2.52 bits per heavy atom. The van der Waals surface area contributed by atoms with Gasteiger partial charge in [0.15, 0.2) is 0 Å². The second kappa shape index (κ2) is 7.45. The van der Waals surface area contributed by atoms with Gasteiger partial charge >= 0.3 is 5.97 Å². The monoisotopic (exact) mass is 308 g/mol. The second-order valence-corrected chi connectivity index (χ2v) is 6.48. The summed E-state index contributed by atoms with van der Waals surface area (Å²) in [4.78, 5) is 28.1. The van der Waals surface area contributed by atoms with Gasteiger partial charge in [-0.05, 0) is 25.0 Å². The number of carbonyl (C=O) groups excluding carboxylic acids is 1. The van der Waals surface area contributed by atoms with Crippen LogP contribution < -0.4 is 5.32 Å². The lowest BCUT2D eigenvalue weighted by atomic mass is 9.79. The summed E-state index contributed by atoms with van der Waals surface area (Å²) < 4.78 is 0. The van der Waals surface area contributed by atoms with Crippen LogP contribution in [0.3, 0.4) is 0 Å². The number of rotatable bonds is 6. The van der Waals surface area contributed by atoms with Gasteiger partial charge in [0.2, 0.25) is 5.91 Å². The first-order valence-corrected chi connectivity index (χ1v) is 8.14. The van der Waals surface area contributed by atoms with Crippen LogP contribution in [-0.4, -0.2) is 33.3 Å². The molecule has 0 saturated heterocycles. The molecule has 2 rings (SSSR count). The van der Waals surface area contributed by atoms with Crippen LogP contribution >= 0.6 is 11.8 Å². The molecule has 1 aliphatic rings. The summed E-state index contributed by atoms with van der Waals surface area (Å²) in [6, 6.07) is 3.71. The summed E-state index contributed by atoms with van der Waals surface area (Å²) in [5.41, 5.74) is -0.556. The topological polar surface area (TPSA) is 79.3 Å². The Labute approximate surface area is 128 Å². The zero-order chi connectivity index (χ0) is 15.1. The number of nitrogens with zero attached hydrogens (tertiary/aromatic N) is 1. The van der Waals surface area contributed by atoms with Gasteiger partial charge in [-0.2, -0.15) is 0 Å². The minimum Gasteiger partial charge on any atom is -0.481 e. The summed E-state index contributed by atoms with van der Waals surface area (Å²) in [6.07, 6.45) is 7.97. The summed E-state index contributed by atoms with van der Waals surface area (Å²) in [7, 11) is 0. The number of nitrogens with one attached hydrogen (secondary N) is 1. The Morgan fingerprint density at radius 2 is 1.90 bits per heavy atom. The van der Waals surface area contributed by atoms with Crippen LogP contribution in [-0.2, 0) is 9.59 Å². The molecule has 1 saturated carbocycles. The van der Waals surface area contributed by atoms with E-state index in [1.807, 2.05) is 12.1 Å². The predicted octanol–water partition coefficient (Wildman–Crippen LogP) is 2.47. The van der Waals surface area contributed by atoms with Gasteiger partial charge in [0, 0.05) is 17.3 Å². The Balaban J connectivity index is 1.90. The average molecular weight is 308 g/mol. The lowest BCUT2D eigenvalue weighted by molar-refractivity contribution is -0.139. The van der Waals surface area contributed by atoms with Crippen molar-refractivity contribution in [2.24, 2.45) is 0 Å². The zero-order valence-electron chi connectivity index (χ0n) is 11.9. The number of pyridine rings is 1. The predicted molar refractivity (Wildman–Crippen MR) is 81.2 cm³/mol. The Hall–Kier alpha value is -1.56. The number of aromatic nitrogens is 1. The van der Waals surface area contributed by atoms with E-state index in [4.69, 9.17) is 5.11 Å². The molecule has 0 aliphatic heterocycles. The molecule has 1 fully saturated rings. The van der Waals surface area contributed by atoms with E-state index < -0.39 is 11.5 Å². The van der Waals surface area contributed by atoms with Gasteiger partial charge in [-0.3, -0.25) is 14.6 Å². The van der Waals surface area contributed by atoms with Crippen LogP contribution in [0.2, 0.25) is 0 Å². The van der Waals surface area contributed by atoms with E-state index in [1.54, 1.807) is 12.4 Å². The molecule has 0 radical (unpaired) electrons. The van der Waals surface area contributed by atoms with Crippen molar-refractivity contribution in [1.29, 1.82) is 0 Å². The highest BCUT2D eigenvalue weighted by atomic mass is 32.2. The number of carbonyl (C=O) groups is 2. The fourth-order valence-corrected chi connectivity index (χ4v) is 3.46. The molecular weight excluding hydrogens is 288 g/mol. The van der Waals surface area contributed by atoms with Crippen molar-refractivity contribution in [3.63, 3.8) is 0 Å². The maximum absolute atomic E-state index is 12.1. The molecule has 1 heterocycles. The summed E-state index contributed by atoms with van der Waals surface area (Å²) in [5.74, 6) is -0.648. The number of aliphatic carboxylic acids is 1. The van der Waals surface area contributed by atoms with Crippen molar-refractivity contribution in [3.05, 3.63) is 24.5 Å². The molecule has 1 aliphatic carbocycles. The van der Waals surface area contributed by atoms with E-state index in [0.29, 0.717) is 5.75 Å². The molecule has 2 N–H and O–H groups in total. The van der Waals surface area contributed by atoms with Crippen LogP contribution in [0.25, 0.3) is 0 Å². The van der Waals surface area contributed by atoms with Crippen molar-refractivity contribution in [3.8, 4) is 0 Å². The first-order valence-electron chi connectivity index (χ1n) is 7.15. The average Bonchev–Trinajstić information content (AvgIpc) is 2.46. The zero-order valence-corrected chi connectivity index (χ0v) is 12.7. The van der Waals surface area contributed by atoms with Gasteiger partial charge in [0.25, 0.3) is 0 Å². The van der Waals surface area contributed by atoms with Crippen molar-refractivity contribution in [1.82, 2.24) is 10.3 Å². The maximum atomic E-state index is 12.1. The Bertz CT molecular complexity index is 487. The molecule has 0 spiro atoms. The van der Waals surface area contributed by atoms with E-state index in [9.17, 15) is 9.59 Å². The molecule has 1 aromatic heterocycles. The number of amides is 1. The number of carboxylic acids is 1. The fraction of sp³-hybridized carbons (Fsp3) is 0.533. The molecule has 6 heteroatoms. The highest BCUT2D eigenvalue weighted by Crippen LogP contribution is 2.31. The van der Waals surface area contributed by atoms with Crippen LogP contribution in [0.4, 0.5) is 0 Å². The van der Waals surface area contributed by atoms with Crippen molar-refractivity contribution in [2.45, 2.75) is 49.0 Å². The standard InChI is InChI=1S/C15H20N2O3S/c18-13(11-21-12-4-8-16-9-5-12)17-15(10-14(19)20)6-2-1-3-7-15/h4-5,8-9H,1-3,6-7,10-11H2,(H,17,18)(H,19,20). The fourth-order valence-electron chi connectivity index (χ4n) is 2.78. The van der Waals surface area contributed by atoms with E-state index in [1.165, 1.54) is 11.8 Å². The Kier molecular flexibility index (Phi) is 5.61. The molecule has 0 unspecified atom stereocenters. The first kappa shape index (κ1) is 15.8. The van der Waals surface area contributed by atoms with Gasteiger partial charge in [0.1, 0.15) is 0 Å². The van der Waals surface area contributed by atoms with E-state index in [2.05, 4.69) is 10.3 Å². The van der Waals surface area contributed by atoms with Gasteiger partial charge in [-0.25, -0.2) is 0 Å². The highest BCUT2D eigenvalue weighted by molar-refractivity contribution is 8.00. The second-order valence-electron chi connectivity index (χ2n) is 5.43. The van der Waals surface area contributed by atoms with Gasteiger partial charge < -0.3 is 10.4 Å². The van der Waals surface area contributed by atoms with Crippen molar-refractivity contribution >= 4 is 23.6 Å². The number of hydrogen-bond donors (Lipinski definition) is 2. The molecule has 1 aromatic rings. The third-order valence-corrected chi connectivity index (χ3v) is 4.74. The number of carboxylic acid groups (broad SMARTS) is 1. The SMILES string of the molecule is O=C(O)CC1(NC(=O)CSc2ccncc2)CCCCC1. The normalized spacial score (nSPS) is 17.1. The minimum absolute atomic E-state index is 0.0126. The number of thioether (sulfide) groups is 1. The van der Waals surface area contributed by atoms with Crippen LogP contribution in [0.5, 0.6) is 0 Å². The molecule has 1 amide bonds. The Morgan fingerprint density at radius 1 is 1.24 bits per heavy atom. The molecule has 21 heavy (non-hydrogen) atoms. The molecule has 0 atom stereocenters. The molecule has 5 nitrogen and oxygen atoms in total. The van der Waals surface area contributed by atoms with E-state index >= 15 is 0 Å². The van der Waals surface area contributed by atoms with Crippen molar-refractivity contribution in [2.75, 3.05) is 5.75 Å². The highest BCUT2D eigenvalue weighted by Gasteiger charge is 2.35. The quantitative estimate of drug-likeness (QED) is 0.789. The van der Waals surface area contributed by atoms with Crippen molar-refractivity contribution < 1.29 is 14.7 Å². The van der Waals surface area contributed by atoms with Gasteiger partial charge in [-0.1, -0.05) is 19.3 Å². The van der Waals surface area contributed by atoms with Gasteiger partial charge in [-0.15, -0.1) is 11.8 Å². The molecular formula is C15H20N2O3S. The van der Waals surface area contributed by atoms with Crippen LogP contribution in [0.15, 0.2) is 29.4 Å². The first-order chi connectivity index (χ1) is 10.1. The molecule has 114 valence electrons.